The van der Waals surface area contributed by atoms with Crippen LogP contribution in [0.25, 0.3) is 0 Å². The maximum Gasteiger partial charge on any atom is 0.312 e. The van der Waals surface area contributed by atoms with E-state index < -0.39 is 12.1 Å². The third-order valence-electron chi connectivity index (χ3n) is 3.59. The number of rotatable bonds is 7. The number of nitrogens with two attached hydrogens (primary N) is 1. The largest absolute Gasteiger partial charge is 0.352 e. The van der Waals surface area contributed by atoms with Crippen LogP contribution in [0, 0.1) is 5.92 Å². The second-order valence-electron chi connectivity index (χ2n) is 5.98. The first-order valence-electron chi connectivity index (χ1n) is 7.84. The van der Waals surface area contributed by atoms with E-state index in [0.29, 0.717) is 13.1 Å². The Kier molecular flexibility index (Phi) is 5.95. The van der Waals surface area contributed by atoms with E-state index in [1.165, 1.54) is 0 Å². The summed E-state index contributed by atoms with van der Waals surface area (Å²) < 4.78 is 1.82. The molecule has 1 unspecified atom stereocenters. The molecule has 1 aromatic carbocycles. The van der Waals surface area contributed by atoms with Gasteiger partial charge in [-0.1, -0.05) is 44.2 Å². The monoisotopic (exact) mass is 329 g/mol. The quantitative estimate of drug-likeness (QED) is 0.712. The number of amides is 3. The van der Waals surface area contributed by atoms with E-state index in [1.54, 1.807) is 6.20 Å². The summed E-state index contributed by atoms with van der Waals surface area (Å²) in [5, 5.41) is 9.55. The third-order valence-corrected chi connectivity index (χ3v) is 3.59. The minimum Gasteiger partial charge on any atom is -0.352 e. The van der Waals surface area contributed by atoms with Crippen LogP contribution in [0.5, 0.6) is 0 Å². The first-order chi connectivity index (χ1) is 11.5. The highest BCUT2D eigenvalue weighted by Crippen LogP contribution is 2.05. The number of hydrogen-bond donors (Lipinski definition) is 3. The summed E-state index contributed by atoms with van der Waals surface area (Å²) in [6, 6.07) is 8.65. The Morgan fingerprint density at radius 2 is 1.92 bits per heavy atom. The topological polar surface area (TPSA) is 102 Å². The smallest absolute Gasteiger partial charge is 0.312 e. The molecule has 7 heteroatoms. The van der Waals surface area contributed by atoms with E-state index in [4.69, 9.17) is 5.73 Å². The number of urea groups is 1. The van der Waals surface area contributed by atoms with Crippen LogP contribution in [0.2, 0.25) is 0 Å². The van der Waals surface area contributed by atoms with Gasteiger partial charge in [0.15, 0.2) is 0 Å². The molecular formula is C17H23N5O2. The van der Waals surface area contributed by atoms with Crippen molar-refractivity contribution in [1.82, 2.24) is 20.4 Å². The van der Waals surface area contributed by atoms with Crippen LogP contribution in [0.3, 0.4) is 0 Å². The fraction of sp³-hybridized carbons (Fsp3) is 0.353. The Morgan fingerprint density at radius 1 is 1.21 bits per heavy atom. The predicted molar refractivity (Wildman–Crippen MR) is 91.0 cm³/mol. The lowest BCUT2D eigenvalue weighted by molar-refractivity contribution is -0.124. The Hall–Kier alpha value is -2.83. The maximum absolute atomic E-state index is 12.2. The van der Waals surface area contributed by atoms with Gasteiger partial charge in [-0.25, -0.2) is 4.79 Å². The third kappa shape index (κ3) is 5.12. The van der Waals surface area contributed by atoms with Crippen LogP contribution in [-0.2, 0) is 17.9 Å². The van der Waals surface area contributed by atoms with E-state index in [9.17, 15) is 9.59 Å². The van der Waals surface area contributed by atoms with E-state index >= 15 is 0 Å². The van der Waals surface area contributed by atoms with Gasteiger partial charge in [0.25, 0.3) is 0 Å². The molecule has 0 aliphatic rings. The highest BCUT2D eigenvalue weighted by atomic mass is 16.2. The van der Waals surface area contributed by atoms with Gasteiger partial charge in [-0.3, -0.25) is 9.48 Å². The standard InChI is InChI=1S/C17H23N5O2/c1-12(2)15(21-17(18)24)16(23)19-8-14-9-20-22(11-14)10-13-6-4-3-5-7-13/h3-7,9,11-12,15H,8,10H2,1-2H3,(H,19,23)(H3,18,21,24). The lowest BCUT2D eigenvalue weighted by Gasteiger charge is -2.20. The van der Waals surface area contributed by atoms with Crippen molar-refractivity contribution in [2.45, 2.75) is 33.0 Å². The van der Waals surface area contributed by atoms with Gasteiger partial charge in [-0.05, 0) is 11.5 Å². The molecule has 1 aromatic heterocycles. The zero-order valence-electron chi connectivity index (χ0n) is 13.9. The van der Waals surface area contributed by atoms with E-state index in [0.717, 1.165) is 11.1 Å². The molecule has 128 valence electrons. The summed E-state index contributed by atoms with van der Waals surface area (Å²) in [6.07, 6.45) is 3.61. The van der Waals surface area contributed by atoms with Crippen molar-refractivity contribution < 1.29 is 9.59 Å². The summed E-state index contributed by atoms with van der Waals surface area (Å²) in [6.45, 7) is 4.71. The molecule has 1 atom stereocenters. The lowest BCUT2D eigenvalue weighted by Crippen LogP contribution is -2.51. The molecule has 2 aromatic rings. The summed E-state index contributed by atoms with van der Waals surface area (Å²) in [4.78, 5) is 23.2. The summed E-state index contributed by atoms with van der Waals surface area (Å²) in [7, 11) is 0. The van der Waals surface area contributed by atoms with Gasteiger partial charge in [0.05, 0.1) is 12.7 Å². The number of aromatic nitrogens is 2. The highest BCUT2D eigenvalue weighted by molar-refractivity contribution is 5.86. The molecule has 2 rings (SSSR count). The van der Waals surface area contributed by atoms with Crippen molar-refractivity contribution in [3.63, 3.8) is 0 Å². The molecule has 7 nitrogen and oxygen atoms in total. The van der Waals surface area contributed by atoms with Crippen LogP contribution in [-0.4, -0.2) is 27.8 Å². The zero-order chi connectivity index (χ0) is 17.5. The van der Waals surface area contributed by atoms with Gasteiger partial charge >= 0.3 is 6.03 Å². The predicted octanol–water partition coefficient (Wildman–Crippen LogP) is 1.24. The fourth-order valence-corrected chi connectivity index (χ4v) is 2.34. The number of nitrogens with zero attached hydrogens (tertiary/aromatic N) is 2. The van der Waals surface area contributed by atoms with Crippen LogP contribution in [0.4, 0.5) is 4.79 Å². The Balaban J connectivity index is 1.90. The van der Waals surface area contributed by atoms with Crippen LogP contribution < -0.4 is 16.4 Å². The highest BCUT2D eigenvalue weighted by Gasteiger charge is 2.22. The van der Waals surface area contributed by atoms with Crippen LogP contribution >= 0.6 is 0 Å². The van der Waals surface area contributed by atoms with Crippen molar-refractivity contribution >= 4 is 11.9 Å². The summed E-state index contributed by atoms with van der Waals surface area (Å²) >= 11 is 0. The molecule has 0 aliphatic carbocycles. The molecule has 0 radical (unpaired) electrons. The summed E-state index contributed by atoms with van der Waals surface area (Å²) in [5.74, 6) is -0.321. The first kappa shape index (κ1) is 17.5. The second kappa shape index (κ2) is 8.14. The van der Waals surface area contributed by atoms with Crippen molar-refractivity contribution in [2.75, 3.05) is 0 Å². The number of primary amides is 1. The van der Waals surface area contributed by atoms with Gasteiger partial charge in [-0.2, -0.15) is 5.10 Å². The molecule has 24 heavy (non-hydrogen) atoms. The Bertz CT molecular complexity index is 681. The van der Waals surface area contributed by atoms with E-state index in [-0.39, 0.29) is 11.8 Å². The molecule has 1 heterocycles. The van der Waals surface area contributed by atoms with Crippen molar-refractivity contribution in [2.24, 2.45) is 11.7 Å². The van der Waals surface area contributed by atoms with E-state index in [2.05, 4.69) is 15.7 Å². The second-order valence-corrected chi connectivity index (χ2v) is 5.98. The molecule has 4 N–H and O–H groups in total. The number of carbonyl (C=O) groups excluding carboxylic acids is 2. The number of nitrogens with one attached hydrogen (secondary N) is 2. The molecule has 0 saturated heterocycles. The number of benzene rings is 1. The van der Waals surface area contributed by atoms with Crippen LogP contribution in [0.1, 0.15) is 25.0 Å². The fourth-order valence-electron chi connectivity index (χ4n) is 2.34. The van der Waals surface area contributed by atoms with Gasteiger partial charge in [0.1, 0.15) is 6.04 Å². The van der Waals surface area contributed by atoms with Gasteiger partial charge in [0, 0.05) is 18.3 Å². The minimum atomic E-state index is -0.709. The summed E-state index contributed by atoms with van der Waals surface area (Å²) in [5.41, 5.74) is 7.15. The molecule has 3 amide bonds. The normalized spacial score (nSPS) is 12.0. The molecular weight excluding hydrogens is 306 g/mol. The average Bonchev–Trinajstić information content (AvgIpc) is 2.98. The van der Waals surface area contributed by atoms with Crippen molar-refractivity contribution in [3.8, 4) is 0 Å². The van der Waals surface area contributed by atoms with Gasteiger partial charge < -0.3 is 16.4 Å². The number of hydrogen-bond acceptors (Lipinski definition) is 3. The Labute approximate surface area is 141 Å². The molecule has 0 spiro atoms. The maximum atomic E-state index is 12.2. The lowest BCUT2D eigenvalue weighted by atomic mass is 10.0. The van der Waals surface area contributed by atoms with E-state index in [1.807, 2.05) is 55.1 Å². The zero-order valence-corrected chi connectivity index (χ0v) is 13.9. The van der Waals surface area contributed by atoms with Crippen molar-refractivity contribution in [1.29, 1.82) is 0 Å². The van der Waals surface area contributed by atoms with Crippen LogP contribution in [0.15, 0.2) is 42.7 Å². The SMILES string of the molecule is CC(C)C(NC(N)=O)C(=O)NCc1cnn(Cc2ccccc2)c1. The molecule has 0 aliphatic heterocycles. The van der Waals surface area contributed by atoms with Gasteiger partial charge in [-0.15, -0.1) is 0 Å². The van der Waals surface area contributed by atoms with Crippen molar-refractivity contribution in [3.05, 3.63) is 53.9 Å². The first-order valence-corrected chi connectivity index (χ1v) is 7.84. The average molecular weight is 329 g/mol. The molecule has 0 bridgehead atoms. The Morgan fingerprint density at radius 3 is 2.54 bits per heavy atom. The molecule has 0 saturated carbocycles. The minimum absolute atomic E-state index is 0.0571. The molecule has 0 fully saturated rings. The van der Waals surface area contributed by atoms with Gasteiger partial charge in [0.2, 0.25) is 5.91 Å². The number of carbonyl (C=O) groups is 2.